The molecule has 1 aromatic rings. The number of hydrogen-bond donors (Lipinski definition) is 2. The second kappa shape index (κ2) is 8.78. The molecule has 0 aromatic heterocycles. The Hall–Kier alpha value is -1.26. The highest BCUT2D eigenvalue weighted by atomic mass is 35.5. The lowest BCUT2D eigenvalue weighted by molar-refractivity contribution is -0.124. The minimum Gasteiger partial charge on any atom is -0.497 e. The van der Waals surface area contributed by atoms with Gasteiger partial charge in [-0.3, -0.25) is 4.79 Å². The Morgan fingerprint density at radius 3 is 2.50 bits per heavy atom. The molecule has 0 aliphatic rings. The maximum absolute atomic E-state index is 11.5. The molecule has 0 aliphatic heterocycles. The topological polar surface area (TPSA) is 64.3 Å². The Morgan fingerprint density at radius 1 is 1.39 bits per heavy atom. The summed E-state index contributed by atoms with van der Waals surface area (Å²) < 4.78 is 5.07. The van der Waals surface area contributed by atoms with Gasteiger partial charge in [0.15, 0.2) is 0 Å². The number of halogens is 1. The lowest BCUT2D eigenvalue weighted by Gasteiger charge is -2.09. The van der Waals surface area contributed by atoms with Crippen LogP contribution in [0.3, 0.4) is 0 Å². The van der Waals surface area contributed by atoms with E-state index in [1.54, 1.807) is 7.11 Å². The third-order valence-electron chi connectivity index (χ3n) is 2.67. The summed E-state index contributed by atoms with van der Waals surface area (Å²) in [4.78, 5) is 11.5. The van der Waals surface area contributed by atoms with E-state index in [0.29, 0.717) is 13.1 Å². The van der Waals surface area contributed by atoms with Crippen LogP contribution in [0.1, 0.15) is 12.5 Å². The highest BCUT2D eigenvalue weighted by Gasteiger charge is 2.09. The van der Waals surface area contributed by atoms with Gasteiger partial charge in [-0.05, 0) is 24.1 Å². The summed E-state index contributed by atoms with van der Waals surface area (Å²) in [5.74, 6) is 0.737. The zero-order valence-corrected chi connectivity index (χ0v) is 11.6. The fourth-order valence-corrected chi connectivity index (χ4v) is 1.40. The third kappa shape index (κ3) is 5.38. The van der Waals surface area contributed by atoms with Crippen molar-refractivity contribution in [2.24, 2.45) is 11.7 Å². The van der Waals surface area contributed by atoms with Crippen molar-refractivity contribution >= 4 is 18.3 Å². The fourth-order valence-electron chi connectivity index (χ4n) is 1.40. The van der Waals surface area contributed by atoms with Gasteiger partial charge in [-0.2, -0.15) is 0 Å². The first-order chi connectivity index (χ1) is 8.17. The molecule has 0 spiro atoms. The van der Waals surface area contributed by atoms with E-state index in [0.717, 1.165) is 12.2 Å². The molecule has 4 nitrogen and oxygen atoms in total. The van der Waals surface area contributed by atoms with Crippen LogP contribution in [0.25, 0.3) is 0 Å². The summed E-state index contributed by atoms with van der Waals surface area (Å²) in [6, 6.07) is 7.83. The van der Waals surface area contributed by atoms with Crippen molar-refractivity contribution in [3.8, 4) is 5.75 Å². The molecule has 0 radical (unpaired) electrons. The van der Waals surface area contributed by atoms with Gasteiger partial charge in [0.1, 0.15) is 5.75 Å². The molecule has 0 saturated carbocycles. The van der Waals surface area contributed by atoms with Crippen molar-refractivity contribution in [2.45, 2.75) is 13.3 Å². The fraction of sp³-hybridized carbons (Fsp3) is 0.462. The number of carbonyl (C=O) groups is 1. The lowest BCUT2D eigenvalue weighted by Crippen LogP contribution is -2.34. The first kappa shape index (κ1) is 16.7. The van der Waals surface area contributed by atoms with Gasteiger partial charge >= 0.3 is 0 Å². The van der Waals surface area contributed by atoms with Crippen molar-refractivity contribution in [1.82, 2.24) is 5.32 Å². The average molecular weight is 273 g/mol. The number of methoxy groups -OCH3 is 1. The number of carbonyl (C=O) groups excluding carboxylic acids is 1. The van der Waals surface area contributed by atoms with Crippen molar-refractivity contribution in [1.29, 1.82) is 0 Å². The van der Waals surface area contributed by atoms with Crippen LogP contribution in [0.15, 0.2) is 24.3 Å². The summed E-state index contributed by atoms with van der Waals surface area (Å²) in [5, 5.41) is 2.86. The first-order valence-corrected chi connectivity index (χ1v) is 5.78. The van der Waals surface area contributed by atoms with Gasteiger partial charge in [0.05, 0.1) is 7.11 Å². The van der Waals surface area contributed by atoms with Crippen molar-refractivity contribution in [3.05, 3.63) is 29.8 Å². The Kier molecular flexibility index (Phi) is 8.16. The predicted molar refractivity (Wildman–Crippen MR) is 75.2 cm³/mol. The van der Waals surface area contributed by atoms with E-state index in [9.17, 15) is 4.79 Å². The number of nitrogens with two attached hydrogens (primary N) is 1. The van der Waals surface area contributed by atoms with Crippen molar-refractivity contribution in [2.75, 3.05) is 20.2 Å². The third-order valence-corrected chi connectivity index (χ3v) is 2.67. The Bertz CT molecular complexity index is 355. The standard InChI is InChI=1S/C13H20N2O2.ClH/c1-10(9-14)13(16)15-8-7-11-3-5-12(17-2)6-4-11;/h3-6,10H,7-9,14H2,1-2H3,(H,15,16);1H. The van der Waals surface area contributed by atoms with Crippen LogP contribution in [0, 0.1) is 5.92 Å². The van der Waals surface area contributed by atoms with Crippen LogP contribution in [0.2, 0.25) is 0 Å². The lowest BCUT2D eigenvalue weighted by atomic mass is 10.1. The maximum atomic E-state index is 11.5. The molecule has 0 aliphatic carbocycles. The zero-order valence-electron chi connectivity index (χ0n) is 10.8. The number of rotatable bonds is 6. The van der Waals surface area contributed by atoms with E-state index in [1.807, 2.05) is 31.2 Å². The molecule has 18 heavy (non-hydrogen) atoms. The number of amides is 1. The van der Waals surface area contributed by atoms with Crippen LogP contribution in [0.5, 0.6) is 5.75 Å². The van der Waals surface area contributed by atoms with Gasteiger partial charge in [-0.15, -0.1) is 12.4 Å². The van der Waals surface area contributed by atoms with Gasteiger partial charge < -0.3 is 15.8 Å². The molecule has 1 amide bonds. The van der Waals surface area contributed by atoms with E-state index in [-0.39, 0.29) is 24.2 Å². The van der Waals surface area contributed by atoms with Gasteiger partial charge in [0.2, 0.25) is 5.91 Å². The highest BCUT2D eigenvalue weighted by Crippen LogP contribution is 2.11. The van der Waals surface area contributed by atoms with Gasteiger partial charge in [-0.1, -0.05) is 19.1 Å². The molecule has 1 rings (SSSR count). The summed E-state index contributed by atoms with van der Waals surface area (Å²) in [6.07, 6.45) is 0.813. The Balaban J connectivity index is 0.00000289. The number of hydrogen-bond acceptors (Lipinski definition) is 3. The van der Waals surface area contributed by atoms with Gasteiger partial charge in [0.25, 0.3) is 0 Å². The minimum absolute atomic E-state index is 0. The quantitative estimate of drug-likeness (QED) is 0.822. The van der Waals surface area contributed by atoms with E-state index < -0.39 is 0 Å². The molecule has 102 valence electrons. The van der Waals surface area contributed by atoms with Crippen molar-refractivity contribution in [3.63, 3.8) is 0 Å². The number of benzene rings is 1. The van der Waals surface area contributed by atoms with Crippen LogP contribution < -0.4 is 15.8 Å². The summed E-state index contributed by atoms with van der Waals surface area (Å²) in [7, 11) is 1.64. The SMILES string of the molecule is COc1ccc(CCNC(=O)C(C)CN)cc1.Cl. The second-order valence-electron chi connectivity index (χ2n) is 4.03. The predicted octanol–water partition coefficient (Wildman–Crippen LogP) is 1.37. The normalized spacial score (nSPS) is 11.3. The first-order valence-electron chi connectivity index (χ1n) is 5.78. The molecule has 0 saturated heterocycles. The Labute approximate surface area is 114 Å². The van der Waals surface area contributed by atoms with Crippen LogP contribution in [0.4, 0.5) is 0 Å². The minimum atomic E-state index is -0.120. The number of ether oxygens (including phenoxy) is 1. The molecule has 0 heterocycles. The van der Waals surface area contributed by atoms with Crippen LogP contribution >= 0.6 is 12.4 Å². The largest absolute Gasteiger partial charge is 0.497 e. The monoisotopic (exact) mass is 272 g/mol. The van der Waals surface area contributed by atoms with Crippen molar-refractivity contribution < 1.29 is 9.53 Å². The Morgan fingerprint density at radius 2 is 2.00 bits per heavy atom. The van der Waals surface area contributed by atoms with E-state index in [1.165, 1.54) is 5.56 Å². The second-order valence-corrected chi connectivity index (χ2v) is 4.03. The van der Waals surface area contributed by atoms with E-state index in [4.69, 9.17) is 10.5 Å². The highest BCUT2D eigenvalue weighted by molar-refractivity contribution is 5.85. The zero-order chi connectivity index (χ0) is 12.7. The summed E-state index contributed by atoms with van der Waals surface area (Å²) in [5.41, 5.74) is 6.59. The van der Waals surface area contributed by atoms with E-state index in [2.05, 4.69) is 5.32 Å². The molecule has 1 unspecified atom stereocenters. The van der Waals surface area contributed by atoms with Gasteiger partial charge in [0, 0.05) is 19.0 Å². The molecule has 0 fully saturated rings. The molecule has 0 bridgehead atoms. The number of nitrogens with one attached hydrogen (secondary N) is 1. The molecular weight excluding hydrogens is 252 g/mol. The maximum Gasteiger partial charge on any atom is 0.224 e. The van der Waals surface area contributed by atoms with E-state index >= 15 is 0 Å². The smallest absolute Gasteiger partial charge is 0.224 e. The summed E-state index contributed by atoms with van der Waals surface area (Å²) in [6.45, 7) is 2.84. The van der Waals surface area contributed by atoms with Gasteiger partial charge in [-0.25, -0.2) is 0 Å². The molecule has 1 aromatic carbocycles. The van der Waals surface area contributed by atoms with Crippen LogP contribution in [-0.4, -0.2) is 26.1 Å². The molecule has 3 N–H and O–H groups in total. The molecule has 5 heteroatoms. The molecule has 1 atom stereocenters. The van der Waals surface area contributed by atoms with Crippen LogP contribution in [-0.2, 0) is 11.2 Å². The summed E-state index contributed by atoms with van der Waals surface area (Å²) >= 11 is 0. The average Bonchev–Trinajstić information content (AvgIpc) is 2.38. The molecular formula is C13H21ClN2O2.